The van der Waals surface area contributed by atoms with E-state index in [1.54, 1.807) is 0 Å². The van der Waals surface area contributed by atoms with Crippen molar-refractivity contribution in [2.24, 2.45) is 5.92 Å². The lowest BCUT2D eigenvalue weighted by molar-refractivity contribution is 0.386. The summed E-state index contributed by atoms with van der Waals surface area (Å²) in [5.74, 6) is 0.899. The Morgan fingerprint density at radius 2 is 2.25 bits per heavy atom. The highest BCUT2D eigenvalue weighted by molar-refractivity contribution is 4.97. The second-order valence-electron chi connectivity index (χ2n) is 3.82. The number of rotatable bonds is 5. The zero-order valence-corrected chi connectivity index (χ0v) is 8.34. The molecule has 1 nitrogen and oxygen atoms in total. The Labute approximate surface area is 76.2 Å². The van der Waals surface area contributed by atoms with Gasteiger partial charge in [-0.25, -0.2) is 0 Å². The quantitative estimate of drug-likeness (QED) is 0.621. The molecule has 1 heteroatoms. The van der Waals surface area contributed by atoms with Gasteiger partial charge >= 0.3 is 0 Å². The lowest BCUT2D eigenvalue weighted by Gasteiger charge is -2.22. The smallest absolute Gasteiger partial charge is 0.0221 e. The van der Waals surface area contributed by atoms with Crippen molar-refractivity contribution in [1.29, 1.82) is 0 Å². The van der Waals surface area contributed by atoms with Crippen LogP contribution in [0.2, 0.25) is 0 Å². The Kier molecular flexibility index (Phi) is 4.37. The second-order valence-corrected chi connectivity index (χ2v) is 3.82. The second kappa shape index (κ2) is 5.36. The van der Waals surface area contributed by atoms with Crippen LogP contribution in [0.15, 0.2) is 12.2 Å². The minimum atomic E-state index is 0.561. The molecule has 0 aliphatic heterocycles. The molecule has 1 aliphatic carbocycles. The maximum absolute atomic E-state index is 3.45. The molecule has 12 heavy (non-hydrogen) atoms. The molecule has 0 spiro atoms. The Hall–Kier alpha value is -0.300. The standard InChI is InChI=1S/C11H21N/c1-3-9-12-10(2)7-8-11-5-4-6-11/h7-8,10-12H,3-6,9H2,1-2H3/b8-7+. The summed E-state index contributed by atoms with van der Waals surface area (Å²) in [6.45, 7) is 5.57. The van der Waals surface area contributed by atoms with E-state index in [-0.39, 0.29) is 0 Å². The maximum atomic E-state index is 3.45. The largest absolute Gasteiger partial charge is 0.311 e. The Bertz CT molecular complexity index is 136. The number of hydrogen-bond acceptors (Lipinski definition) is 1. The predicted octanol–water partition coefficient (Wildman–Crippen LogP) is 2.73. The van der Waals surface area contributed by atoms with Crippen LogP contribution in [0.5, 0.6) is 0 Å². The van der Waals surface area contributed by atoms with Crippen molar-refractivity contribution in [2.75, 3.05) is 6.54 Å². The van der Waals surface area contributed by atoms with Crippen LogP contribution in [0.1, 0.15) is 39.5 Å². The Morgan fingerprint density at radius 3 is 2.75 bits per heavy atom. The molecular formula is C11H21N. The maximum Gasteiger partial charge on any atom is 0.0221 e. The van der Waals surface area contributed by atoms with Crippen LogP contribution in [-0.4, -0.2) is 12.6 Å². The first-order chi connectivity index (χ1) is 5.83. The highest BCUT2D eigenvalue weighted by Crippen LogP contribution is 2.27. The number of nitrogens with one attached hydrogen (secondary N) is 1. The molecule has 0 saturated heterocycles. The Balaban J connectivity index is 2.06. The molecule has 1 fully saturated rings. The predicted molar refractivity (Wildman–Crippen MR) is 54.2 cm³/mol. The molecule has 0 aromatic rings. The van der Waals surface area contributed by atoms with E-state index in [0.717, 1.165) is 12.5 Å². The third-order valence-corrected chi connectivity index (χ3v) is 2.54. The normalized spacial score (nSPS) is 21.2. The minimum Gasteiger partial charge on any atom is -0.311 e. The van der Waals surface area contributed by atoms with Crippen molar-refractivity contribution >= 4 is 0 Å². The molecule has 1 atom stereocenters. The molecule has 1 unspecified atom stereocenters. The van der Waals surface area contributed by atoms with E-state index in [1.807, 2.05) is 0 Å². The van der Waals surface area contributed by atoms with Crippen LogP contribution in [0.25, 0.3) is 0 Å². The summed E-state index contributed by atoms with van der Waals surface area (Å²) in [6.07, 6.45) is 10.2. The molecule has 0 aromatic carbocycles. The average molecular weight is 167 g/mol. The zero-order valence-electron chi connectivity index (χ0n) is 8.34. The monoisotopic (exact) mass is 167 g/mol. The van der Waals surface area contributed by atoms with Gasteiger partial charge in [-0.05, 0) is 38.6 Å². The van der Waals surface area contributed by atoms with Gasteiger partial charge in [-0.2, -0.15) is 0 Å². The van der Waals surface area contributed by atoms with Gasteiger partial charge in [-0.15, -0.1) is 0 Å². The van der Waals surface area contributed by atoms with Crippen LogP contribution in [0.3, 0.4) is 0 Å². The van der Waals surface area contributed by atoms with Crippen molar-refractivity contribution in [3.63, 3.8) is 0 Å². The van der Waals surface area contributed by atoms with E-state index < -0.39 is 0 Å². The summed E-state index contributed by atoms with van der Waals surface area (Å²) >= 11 is 0. The first-order valence-electron chi connectivity index (χ1n) is 5.24. The summed E-state index contributed by atoms with van der Waals surface area (Å²) < 4.78 is 0. The van der Waals surface area contributed by atoms with E-state index in [2.05, 4.69) is 31.3 Å². The Morgan fingerprint density at radius 1 is 1.50 bits per heavy atom. The van der Waals surface area contributed by atoms with E-state index in [9.17, 15) is 0 Å². The molecule has 1 rings (SSSR count). The van der Waals surface area contributed by atoms with E-state index >= 15 is 0 Å². The van der Waals surface area contributed by atoms with Gasteiger partial charge in [0.2, 0.25) is 0 Å². The van der Waals surface area contributed by atoms with E-state index in [1.165, 1.54) is 25.7 Å². The van der Waals surface area contributed by atoms with Crippen molar-refractivity contribution in [2.45, 2.75) is 45.6 Å². The van der Waals surface area contributed by atoms with Crippen LogP contribution in [-0.2, 0) is 0 Å². The van der Waals surface area contributed by atoms with Gasteiger partial charge in [0.15, 0.2) is 0 Å². The van der Waals surface area contributed by atoms with Gasteiger partial charge in [0.25, 0.3) is 0 Å². The SMILES string of the molecule is CCCNC(C)/C=C/C1CCC1. The summed E-state index contributed by atoms with van der Waals surface area (Å²) in [4.78, 5) is 0. The van der Waals surface area contributed by atoms with Gasteiger partial charge in [-0.3, -0.25) is 0 Å². The fourth-order valence-electron chi connectivity index (χ4n) is 1.40. The average Bonchev–Trinajstić information content (AvgIpc) is 1.98. The molecular weight excluding hydrogens is 146 g/mol. The van der Waals surface area contributed by atoms with Crippen LogP contribution >= 0.6 is 0 Å². The molecule has 0 amide bonds. The fourth-order valence-corrected chi connectivity index (χ4v) is 1.40. The molecule has 0 aromatic heterocycles. The van der Waals surface area contributed by atoms with Gasteiger partial charge in [0, 0.05) is 6.04 Å². The van der Waals surface area contributed by atoms with Crippen LogP contribution < -0.4 is 5.32 Å². The third kappa shape index (κ3) is 3.40. The van der Waals surface area contributed by atoms with Gasteiger partial charge < -0.3 is 5.32 Å². The molecule has 1 N–H and O–H groups in total. The lowest BCUT2D eigenvalue weighted by atomic mass is 9.85. The third-order valence-electron chi connectivity index (χ3n) is 2.54. The lowest BCUT2D eigenvalue weighted by Crippen LogP contribution is -2.24. The molecule has 0 bridgehead atoms. The highest BCUT2D eigenvalue weighted by Gasteiger charge is 2.13. The van der Waals surface area contributed by atoms with Crippen molar-refractivity contribution in [3.05, 3.63) is 12.2 Å². The number of hydrogen-bond donors (Lipinski definition) is 1. The van der Waals surface area contributed by atoms with Gasteiger partial charge in [0.1, 0.15) is 0 Å². The highest BCUT2D eigenvalue weighted by atomic mass is 14.9. The molecule has 70 valence electrons. The van der Waals surface area contributed by atoms with Crippen molar-refractivity contribution < 1.29 is 0 Å². The summed E-state index contributed by atoms with van der Waals surface area (Å²) in [5, 5.41) is 3.45. The van der Waals surface area contributed by atoms with Gasteiger partial charge in [-0.1, -0.05) is 25.5 Å². The van der Waals surface area contributed by atoms with E-state index in [4.69, 9.17) is 0 Å². The molecule has 0 radical (unpaired) electrons. The zero-order chi connectivity index (χ0) is 8.81. The topological polar surface area (TPSA) is 12.0 Å². The van der Waals surface area contributed by atoms with Crippen molar-refractivity contribution in [1.82, 2.24) is 5.32 Å². The molecule has 0 heterocycles. The summed E-state index contributed by atoms with van der Waals surface area (Å²) in [6, 6.07) is 0.561. The first-order valence-corrected chi connectivity index (χ1v) is 5.24. The fraction of sp³-hybridized carbons (Fsp3) is 0.818. The minimum absolute atomic E-state index is 0.561. The van der Waals surface area contributed by atoms with Crippen LogP contribution in [0.4, 0.5) is 0 Å². The molecule has 1 saturated carbocycles. The van der Waals surface area contributed by atoms with Crippen LogP contribution in [0, 0.1) is 5.92 Å². The van der Waals surface area contributed by atoms with E-state index in [0.29, 0.717) is 6.04 Å². The first kappa shape index (κ1) is 9.79. The molecule has 1 aliphatic rings. The van der Waals surface area contributed by atoms with Gasteiger partial charge in [0.05, 0.1) is 0 Å². The van der Waals surface area contributed by atoms with Crippen molar-refractivity contribution in [3.8, 4) is 0 Å². The summed E-state index contributed by atoms with van der Waals surface area (Å²) in [5.41, 5.74) is 0. The number of allylic oxidation sites excluding steroid dienone is 1. The summed E-state index contributed by atoms with van der Waals surface area (Å²) in [7, 11) is 0.